The Morgan fingerprint density at radius 3 is 2.35 bits per heavy atom. The van der Waals surface area contributed by atoms with Crippen LogP contribution in [0.4, 0.5) is 4.79 Å². The molecule has 0 bridgehead atoms. The summed E-state index contributed by atoms with van der Waals surface area (Å²) < 4.78 is 5.13. The van der Waals surface area contributed by atoms with E-state index >= 15 is 0 Å². The van der Waals surface area contributed by atoms with Crippen LogP contribution in [0.15, 0.2) is 0 Å². The summed E-state index contributed by atoms with van der Waals surface area (Å²) in [6, 6.07) is 0. The molecule has 0 aliphatic heterocycles. The molecule has 3 N–H and O–H groups in total. The van der Waals surface area contributed by atoms with E-state index in [-0.39, 0.29) is 17.7 Å². The molecule has 7 nitrogen and oxygen atoms in total. The number of alkyl carbamates (subject to hydrolysis) is 1. The topological polar surface area (TPSA) is 105 Å². The number of rotatable bonds is 6. The first-order valence-electron chi connectivity index (χ1n) is 8.02. The fourth-order valence-corrected chi connectivity index (χ4v) is 2.16. The second-order valence-corrected chi connectivity index (χ2v) is 6.87. The molecular weight excluding hydrogens is 298 g/mol. The highest BCUT2D eigenvalue weighted by Crippen LogP contribution is 2.40. The fourth-order valence-electron chi connectivity index (χ4n) is 2.16. The van der Waals surface area contributed by atoms with Gasteiger partial charge < -0.3 is 20.3 Å². The molecule has 1 aliphatic carbocycles. The van der Waals surface area contributed by atoms with Gasteiger partial charge in [0.1, 0.15) is 11.4 Å². The Balaban J connectivity index is 1.73. The number of nitrogens with one attached hydrogen (secondary N) is 1. The second-order valence-electron chi connectivity index (χ2n) is 6.87. The van der Waals surface area contributed by atoms with Crippen molar-refractivity contribution in [1.82, 2.24) is 15.3 Å². The smallest absolute Gasteiger partial charge is 0.407 e. The van der Waals surface area contributed by atoms with Crippen molar-refractivity contribution in [3.8, 4) is 11.8 Å². The van der Waals surface area contributed by atoms with Gasteiger partial charge >= 0.3 is 6.09 Å². The predicted molar refractivity (Wildman–Crippen MR) is 84.5 cm³/mol. The van der Waals surface area contributed by atoms with Gasteiger partial charge in [0.25, 0.3) is 0 Å². The van der Waals surface area contributed by atoms with Crippen molar-refractivity contribution in [2.24, 2.45) is 0 Å². The fraction of sp³-hybridized carbons (Fsp3) is 0.688. The summed E-state index contributed by atoms with van der Waals surface area (Å²) in [5.74, 6) is 0.522. The number of carbonyl (C=O) groups excluding carboxylic acids is 1. The molecule has 23 heavy (non-hydrogen) atoms. The molecule has 1 saturated carbocycles. The first kappa shape index (κ1) is 17.3. The molecule has 1 amide bonds. The Morgan fingerprint density at radius 2 is 1.83 bits per heavy atom. The summed E-state index contributed by atoms with van der Waals surface area (Å²) >= 11 is 0. The van der Waals surface area contributed by atoms with Gasteiger partial charge in [0.2, 0.25) is 11.8 Å². The Hall–Kier alpha value is -2.05. The monoisotopic (exact) mass is 323 g/mol. The zero-order valence-corrected chi connectivity index (χ0v) is 13.9. The molecule has 1 heterocycles. The van der Waals surface area contributed by atoms with Crippen LogP contribution >= 0.6 is 0 Å². The van der Waals surface area contributed by atoms with E-state index in [4.69, 9.17) is 4.74 Å². The van der Waals surface area contributed by atoms with Gasteiger partial charge in [0.05, 0.1) is 5.56 Å². The Morgan fingerprint density at radius 1 is 1.22 bits per heavy atom. The average molecular weight is 323 g/mol. The molecule has 2 rings (SSSR count). The normalized spacial score (nSPS) is 14.6. The van der Waals surface area contributed by atoms with Crippen LogP contribution in [0.5, 0.6) is 11.8 Å². The molecule has 0 unspecified atom stereocenters. The molecular formula is C16H25N3O4. The maximum Gasteiger partial charge on any atom is 0.407 e. The number of carbonyl (C=O) groups is 1. The van der Waals surface area contributed by atoms with Crippen LogP contribution in [-0.4, -0.2) is 38.4 Å². The molecule has 0 saturated heterocycles. The largest absolute Gasteiger partial charge is 0.493 e. The van der Waals surface area contributed by atoms with Crippen LogP contribution < -0.4 is 5.32 Å². The molecule has 1 aromatic rings. The second kappa shape index (κ2) is 7.02. The van der Waals surface area contributed by atoms with Crippen LogP contribution in [0.1, 0.15) is 63.8 Å². The van der Waals surface area contributed by atoms with Gasteiger partial charge in [0.15, 0.2) is 0 Å². The Kier molecular flexibility index (Phi) is 5.28. The first-order chi connectivity index (χ1) is 10.8. The summed E-state index contributed by atoms with van der Waals surface area (Å²) in [6.45, 7) is 5.90. The van der Waals surface area contributed by atoms with Gasteiger partial charge in [0, 0.05) is 12.5 Å². The zero-order valence-electron chi connectivity index (χ0n) is 13.9. The van der Waals surface area contributed by atoms with E-state index in [2.05, 4.69) is 15.3 Å². The minimum atomic E-state index is -0.512. The molecule has 1 fully saturated rings. The Labute approximate surface area is 136 Å². The highest BCUT2D eigenvalue weighted by atomic mass is 16.6. The van der Waals surface area contributed by atoms with Crippen LogP contribution in [0.25, 0.3) is 0 Å². The molecule has 128 valence electrons. The van der Waals surface area contributed by atoms with Gasteiger partial charge in [-0.15, -0.1) is 0 Å². The van der Waals surface area contributed by atoms with Crippen molar-refractivity contribution >= 4 is 6.09 Å². The number of aromatic nitrogens is 2. The summed E-state index contributed by atoms with van der Waals surface area (Å²) in [5, 5.41) is 22.5. The number of aromatic hydroxyl groups is 2. The van der Waals surface area contributed by atoms with E-state index in [1.54, 1.807) is 0 Å². The number of amides is 1. The van der Waals surface area contributed by atoms with E-state index in [0.717, 1.165) is 12.8 Å². The SMILES string of the molecule is CC(C)(C)OC(=O)NCCCCc1c(O)nc(C2CC2)nc1O. The summed E-state index contributed by atoms with van der Waals surface area (Å²) in [7, 11) is 0. The number of hydrogen-bond acceptors (Lipinski definition) is 6. The lowest BCUT2D eigenvalue weighted by molar-refractivity contribution is 0.0527. The zero-order chi connectivity index (χ0) is 17.0. The minimum absolute atomic E-state index is 0.139. The van der Waals surface area contributed by atoms with E-state index in [1.165, 1.54) is 0 Å². The van der Waals surface area contributed by atoms with E-state index in [9.17, 15) is 15.0 Å². The van der Waals surface area contributed by atoms with Crippen LogP contribution in [0.3, 0.4) is 0 Å². The summed E-state index contributed by atoms with van der Waals surface area (Å²) in [6.07, 6.45) is 3.41. The van der Waals surface area contributed by atoms with Crippen molar-refractivity contribution < 1.29 is 19.7 Å². The number of hydrogen-bond donors (Lipinski definition) is 3. The molecule has 7 heteroatoms. The average Bonchev–Trinajstić information content (AvgIpc) is 3.23. The van der Waals surface area contributed by atoms with Crippen LogP contribution in [0.2, 0.25) is 0 Å². The highest BCUT2D eigenvalue weighted by Gasteiger charge is 2.28. The van der Waals surface area contributed by atoms with E-state index < -0.39 is 11.7 Å². The lowest BCUT2D eigenvalue weighted by atomic mass is 10.1. The van der Waals surface area contributed by atoms with E-state index in [1.807, 2.05) is 20.8 Å². The summed E-state index contributed by atoms with van der Waals surface area (Å²) in [4.78, 5) is 19.6. The van der Waals surface area contributed by atoms with Gasteiger partial charge in [-0.3, -0.25) is 0 Å². The van der Waals surface area contributed by atoms with Crippen molar-refractivity contribution in [2.45, 2.75) is 64.4 Å². The molecule has 1 aromatic heterocycles. The summed E-state index contributed by atoms with van der Waals surface area (Å²) in [5.41, 5.74) is -0.144. The Bertz CT molecular complexity index is 542. The van der Waals surface area contributed by atoms with E-state index in [0.29, 0.717) is 37.2 Å². The first-order valence-corrected chi connectivity index (χ1v) is 8.02. The number of ether oxygens (including phenoxy) is 1. The quantitative estimate of drug-likeness (QED) is 0.695. The third-order valence-electron chi connectivity index (χ3n) is 3.45. The van der Waals surface area contributed by atoms with Crippen LogP contribution in [-0.2, 0) is 11.2 Å². The third-order valence-corrected chi connectivity index (χ3v) is 3.45. The van der Waals surface area contributed by atoms with Crippen molar-refractivity contribution in [3.63, 3.8) is 0 Å². The van der Waals surface area contributed by atoms with Gasteiger partial charge in [-0.25, -0.2) is 4.79 Å². The maximum atomic E-state index is 11.5. The van der Waals surface area contributed by atoms with Crippen molar-refractivity contribution in [3.05, 3.63) is 11.4 Å². The standard InChI is InChI=1S/C16H25N3O4/c1-16(2,3)23-15(22)17-9-5-4-6-11-13(20)18-12(10-7-8-10)19-14(11)21/h10H,4-9H2,1-3H3,(H,17,22)(H2,18,19,20,21). The molecule has 0 aromatic carbocycles. The lowest BCUT2D eigenvalue weighted by Gasteiger charge is -2.19. The maximum absolute atomic E-state index is 11.5. The highest BCUT2D eigenvalue weighted by molar-refractivity contribution is 5.67. The van der Waals surface area contributed by atoms with Crippen molar-refractivity contribution in [1.29, 1.82) is 0 Å². The number of unbranched alkanes of at least 4 members (excludes halogenated alkanes) is 1. The predicted octanol–water partition coefficient (Wildman–Crippen LogP) is 2.61. The third kappa shape index (κ3) is 5.58. The van der Waals surface area contributed by atoms with Gasteiger partial charge in [-0.1, -0.05) is 0 Å². The number of nitrogens with zero attached hydrogens (tertiary/aromatic N) is 2. The molecule has 0 radical (unpaired) electrons. The molecule has 0 spiro atoms. The minimum Gasteiger partial charge on any atom is -0.493 e. The molecule has 1 aliphatic rings. The molecule has 0 atom stereocenters. The van der Waals surface area contributed by atoms with Crippen LogP contribution in [0, 0.1) is 0 Å². The van der Waals surface area contributed by atoms with Crippen molar-refractivity contribution in [2.75, 3.05) is 6.54 Å². The van der Waals surface area contributed by atoms with Gasteiger partial charge in [-0.2, -0.15) is 9.97 Å². The van der Waals surface area contributed by atoms with Gasteiger partial charge in [-0.05, 0) is 52.9 Å². The lowest BCUT2D eigenvalue weighted by Crippen LogP contribution is -2.33.